The topological polar surface area (TPSA) is 41.5 Å². The van der Waals surface area contributed by atoms with E-state index in [4.69, 9.17) is 4.99 Å². The highest BCUT2D eigenvalue weighted by Crippen LogP contribution is 2.41. The SMILES string of the molecule is CC(CCS(C)=O)NC1=NCC2(CCCCC2)CS1. The van der Waals surface area contributed by atoms with Gasteiger partial charge < -0.3 is 5.32 Å². The molecule has 2 rings (SSSR count). The van der Waals surface area contributed by atoms with Gasteiger partial charge in [0.05, 0.1) is 0 Å². The van der Waals surface area contributed by atoms with E-state index in [-0.39, 0.29) is 0 Å². The number of rotatable bonds is 4. The molecule has 0 aromatic carbocycles. The third kappa shape index (κ3) is 4.78. The van der Waals surface area contributed by atoms with Gasteiger partial charge in [-0.3, -0.25) is 9.20 Å². The number of thioether (sulfide) groups is 1. The van der Waals surface area contributed by atoms with Crippen molar-refractivity contribution in [2.45, 2.75) is 51.5 Å². The lowest BCUT2D eigenvalue weighted by atomic mass is 9.75. The molecule has 1 aliphatic carbocycles. The molecule has 0 aromatic heterocycles. The van der Waals surface area contributed by atoms with Crippen LogP contribution in [0.4, 0.5) is 0 Å². The molecule has 0 amide bonds. The van der Waals surface area contributed by atoms with Crippen LogP contribution in [-0.4, -0.2) is 39.7 Å². The lowest BCUT2D eigenvalue weighted by molar-refractivity contribution is 0.232. The molecule has 1 aliphatic heterocycles. The Labute approximate surface area is 123 Å². The lowest BCUT2D eigenvalue weighted by Gasteiger charge is -2.38. The van der Waals surface area contributed by atoms with E-state index in [2.05, 4.69) is 12.2 Å². The van der Waals surface area contributed by atoms with Crippen molar-refractivity contribution < 1.29 is 4.21 Å². The molecule has 0 saturated heterocycles. The maximum absolute atomic E-state index is 11.1. The Bertz CT molecular complexity index is 351. The van der Waals surface area contributed by atoms with Gasteiger partial charge in [0, 0.05) is 41.1 Å². The molecule has 1 N–H and O–H groups in total. The Kier molecular flexibility index (Phi) is 5.75. The first-order valence-electron chi connectivity index (χ1n) is 7.33. The van der Waals surface area contributed by atoms with Crippen LogP contribution in [-0.2, 0) is 10.8 Å². The lowest BCUT2D eigenvalue weighted by Crippen LogP contribution is -2.39. The van der Waals surface area contributed by atoms with Crippen molar-refractivity contribution in [3.05, 3.63) is 0 Å². The predicted octanol–water partition coefficient (Wildman–Crippen LogP) is 2.79. The number of amidine groups is 1. The molecule has 2 aliphatic rings. The zero-order valence-corrected chi connectivity index (χ0v) is 13.7. The molecule has 1 saturated carbocycles. The minimum atomic E-state index is -0.688. The van der Waals surface area contributed by atoms with Crippen molar-refractivity contribution >= 4 is 27.7 Å². The molecule has 1 fully saturated rings. The fourth-order valence-electron chi connectivity index (χ4n) is 2.87. The van der Waals surface area contributed by atoms with Gasteiger partial charge in [-0.05, 0) is 31.6 Å². The minimum Gasteiger partial charge on any atom is -0.362 e. The second kappa shape index (κ2) is 7.11. The van der Waals surface area contributed by atoms with Crippen molar-refractivity contribution in [1.82, 2.24) is 5.32 Å². The highest BCUT2D eigenvalue weighted by atomic mass is 32.2. The van der Waals surface area contributed by atoms with Crippen molar-refractivity contribution in [2.24, 2.45) is 10.4 Å². The molecule has 2 atom stereocenters. The van der Waals surface area contributed by atoms with Crippen LogP contribution in [0.2, 0.25) is 0 Å². The Morgan fingerprint density at radius 1 is 1.42 bits per heavy atom. The van der Waals surface area contributed by atoms with Crippen LogP contribution in [0.3, 0.4) is 0 Å². The molecule has 0 radical (unpaired) electrons. The average Bonchev–Trinajstić information content (AvgIpc) is 2.40. The smallest absolute Gasteiger partial charge is 0.156 e. The Balaban J connectivity index is 1.78. The highest BCUT2D eigenvalue weighted by Gasteiger charge is 2.34. The third-order valence-electron chi connectivity index (χ3n) is 4.20. The van der Waals surface area contributed by atoms with Crippen LogP contribution in [0, 0.1) is 5.41 Å². The van der Waals surface area contributed by atoms with Crippen LogP contribution in [0.1, 0.15) is 45.4 Å². The van der Waals surface area contributed by atoms with Gasteiger partial charge in [-0.25, -0.2) is 0 Å². The standard InChI is InChI=1S/C14H26N2OS2/c1-12(6-9-19(2)17)16-13-15-10-14(11-18-13)7-4-3-5-8-14/h12H,3-11H2,1-2H3,(H,15,16). The summed E-state index contributed by atoms with van der Waals surface area (Å²) < 4.78 is 11.1. The molecule has 1 heterocycles. The molecular formula is C14H26N2OS2. The van der Waals surface area contributed by atoms with Crippen LogP contribution >= 0.6 is 11.8 Å². The Morgan fingerprint density at radius 2 is 2.16 bits per heavy atom. The zero-order chi connectivity index (χ0) is 13.7. The third-order valence-corrected chi connectivity index (χ3v) is 6.28. The second-order valence-corrected chi connectivity index (χ2v) is 8.60. The van der Waals surface area contributed by atoms with E-state index >= 15 is 0 Å². The summed E-state index contributed by atoms with van der Waals surface area (Å²) in [6.07, 6.45) is 9.63. The van der Waals surface area contributed by atoms with E-state index in [1.165, 1.54) is 37.9 Å². The molecule has 110 valence electrons. The van der Waals surface area contributed by atoms with E-state index in [0.29, 0.717) is 11.5 Å². The van der Waals surface area contributed by atoms with E-state index < -0.39 is 10.8 Å². The quantitative estimate of drug-likeness (QED) is 0.868. The number of hydrogen-bond acceptors (Lipinski definition) is 4. The summed E-state index contributed by atoms with van der Waals surface area (Å²) in [5, 5.41) is 4.58. The van der Waals surface area contributed by atoms with Gasteiger partial charge in [-0.1, -0.05) is 31.0 Å². The molecule has 2 unspecified atom stereocenters. The molecule has 1 spiro atoms. The molecule has 5 heteroatoms. The zero-order valence-electron chi connectivity index (χ0n) is 12.1. The predicted molar refractivity (Wildman–Crippen MR) is 86.4 cm³/mol. The van der Waals surface area contributed by atoms with Crippen LogP contribution in [0.15, 0.2) is 4.99 Å². The van der Waals surface area contributed by atoms with E-state index in [0.717, 1.165) is 23.9 Å². The summed E-state index contributed by atoms with van der Waals surface area (Å²) in [5.41, 5.74) is 0.502. The summed E-state index contributed by atoms with van der Waals surface area (Å²) in [6.45, 7) is 3.16. The van der Waals surface area contributed by atoms with Crippen LogP contribution < -0.4 is 5.32 Å². The monoisotopic (exact) mass is 302 g/mol. The maximum Gasteiger partial charge on any atom is 0.156 e. The first-order valence-corrected chi connectivity index (χ1v) is 10.0. The summed E-state index contributed by atoms with van der Waals surface area (Å²) in [7, 11) is -0.688. The van der Waals surface area contributed by atoms with Gasteiger partial charge in [0.15, 0.2) is 5.17 Å². The fourth-order valence-corrected chi connectivity index (χ4v) is 4.82. The van der Waals surface area contributed by atoms with E-state index in [9.17, 15) is 4.21 Å². The number of nitrogens with zero attached hydrogens (tertiary/aromatic N) is 1. The van der Waals surface area contributed by atoms with Gasteiger partial charge in [0.1, 0.15) is 0 Å². The molecule has 3 nitrogen and oxygen atoms in total. The summed E-state index contributed by atoms with van der Waals surface area (Å²) >= 11 is 1.89. The van der Waals surface area contributed by atoms with Crippen LogP contribution in [0.5, 0.6) is 0 Å². The molecular weight excluding hydrogens is 276 g/mol. The Morgan fingerprint density at radius 3 is 2.74 bits per heavy atom. The van der Waals surface area contributed by atoms with Gasteiger partial charge >= 0.3 is 0 Å². The largest absolute Gasteiger partial charge is 0.362 e. The van der Waals surface area contributed by atoms with Gasteiger partial charge in [-0.15, -0.1) is 0 Å². The van der Waals surface area contributed by atoms with E-state index in [1.54, 1.807) is 6.26 Å². The van der Waals surface area contributed by atoms with Crippen molar-refractivity contribution in [2.75, 3.05) is 24.3 Å². The summed E-state index contributed by atoms with van der Waals surface area (Å²) in [5.74, 6) is 2.00. The minimum absolute atomic E-state index is 0.371. The van der Waals surface area contributed by atoms with E-state index in [1.807, 2.05) is 11.8 Å². The first-order chi connectivity index (χ1) is 9.10. The van der Waals surface area contributed by atoms with Gasteiger partial charge in [0.2, 0.25) is 0 Å². The summed E-state index contributed by atoms with van der Waals surface area (Å²) in [6, 6.07) is 0.371. The second-order valence-electron chi connectivity index (χ2n) is 6.08. The van der Waals surface area contributed by atoms with Crippen molar-refractivity contribution in [1.29, 1.82) is 0 Å². The number of hydrogen-bond donors (Lipinski definition) is 1. The highest BCUT2D eigenvalue weighted by molar-refractivity contribution is 8.13. The fraction of sp³-hybridized carbons (Fsp3) is 0.929. The van der Waals surface area contributed by atoms with Gasteiger partial charge in [-0.2, -0.15) is 0 Å². The molecule has 0 aromatic rings. The number of nitrogens with one attached hydrogen (secondary N) is 1. The van der Waals surface area contributed by atoms with Crippen LogP contribution in [0.25, 0.3) is 0 Å². The normalized spacial score (nSPS) is 25.7. The Hall–Kier alpha value is -0.0300. The summed E-state index contributed by atoms with van der Waals surface area (Å²) in [4.78, 5) is 4.77. The molecule has 0 bridgehead atoms. The van der Waals surface area contributed by atoms with Gasteiger partial charge in [0.25, 0.3) is 0 Å². The van der Waals surface area contributed by atoms with Crippen molar-refractivity contribution in [3.63, 3.8) is 0 Å². The average molecular weight is 303 g/mol. The first kappa shape index (κ1) is 15.4. The number of aliphatic imine (C=N–C) groups is 1. The maximum atomic E-state index is 11.1. The van der Waals surface area contributed by atoms with Crippen molar-refractivity contribution in [3.8, 4) is 0 Å². The molecule has 19 heavy (non-hydrogen) atoms.